The number of piperidine rings is 2. The standard InChI is InChI=1S/C27H35N5O2/c1-21-25(20-32-15-5-12-28-32)26(29-34-21)27(33)31-16-10-23(11-17-31)18-22-6-8-24(9-7-22)19-30-13-3-2-4-14-30/h5-9,12,15,23H,2-4,10-11,13-14,16-20H2,1H3. The zero-order chi connectivity index (χ0) is 23.3. The molecule has 7 nitrogen and oxygen atoms in total. The monoisotopic (exact) mass is 461 g/mol. The fourth-order valence-corrected chi connectivity index (χ4v) is 5.28. The number of hydrogen-bond donors (Lipinski definition) is 0. The third kappa shape index (κ3) is 5.41. The van der Waals surface area contributed by atoms with Crippen LogP contribution in [0.5, 0.6) is 0 Å². The Morgan fingerprint density at radius 3 is 2.44 bits per heavy atom. The summed E-state index contributed by atoms with van der Waals surface area (Å²) in [7, 11) is 0. The Morgan fingerprint density at radius 1 is 1.00 bits per heavy atom. The molecule has 2 saturated heterocycles. The summed E-state index contributed by atoms with van der Waals surface area (Å²) in [6.45, 7) is 7.42. The van der Waals surface area contributed by atoms with Crippen LogP contribution < -0.4 is 0 Å². The molecule has 2 fully saturated rings. The number of carbonyl (C=O) groups is 1. The predicted molar refractivity (Wildman–Crippen MR) is 130 cm³/mol. The van der Waals surface area contributed by atoms with Crippen molar-refractivity contribution in [2.45, 2.75) is 58.5 Å². The van der Waals surface area contributed by atoms with Crippen molar-refractivity contribution in [2.75, 3.05) is 26.2 Å². The van der Waals surface area contributed by atoms with E-state index in [0.717, 1.165) is 44.5 Å². The van der Waals surface area contributed by atoms with E-state index in [9.17, 15) is 4.79 Å². The zero-order valence-corrected chi connectivity index (χ0v) is 20.2. The summed E-state index contributed by atoms with van der Waals surface area (Å²) in [5, 5.41) is 8.35. The lowest BCUT2D eigenvalue weighted by molar-refractivity contribution is 0.0679. The molecular weight excluding hydrogens is 426 g/mol. The molecule has 34 heavy (non-hydrogen) atoms. The van der Waals surface area contributed by atoms with Crippen molar-refractivity contribution >= 4 is 5.91 Å². The Morgan fingerprint density at radius 2 is 1.74 bits per heavy atom. The van der Waals surface area contributed by atoms with Gasteiger partial charge in [0.2, 0.25) is 0 Å². The topological polar surface area (TPSA) is 67.4 Å². The van der Waals surface area contributed by atoms with Crippen LogP contribution in [0, 0.1) is 12.8 Å². The number of nitrogens with zero attached hydrogens (tertiary/aromatic N) is 5. The molecular formula is C27H35N5O2. The molecule has 0 N–H and O–H groups in total. The second-order valence-corrected chi connectivity index (χ2v) is 9.86. The van der Waals surface area contributed by atoms with E-state index < -0.39 is 0 Å². The number of amides is 1. The normalized spacial score (nSPS) is 17.9. The first-order chi connectivity index (χ1) is 16.7. The summed E-state index contributed by atoms with van der Waals surface area (Å²) in [4.78, 5) is 17.7. The summed E-state index contributed by atoms with van der Waals surface area (Å²) in [5.41, 5.74) is 4.07. The van der Waals surface area contributed by atoms with Crippen LogP contribution in [0.25, 0.3) is 0 Å². The van der Waals surface area contributed by atoms with E-state index in [1.54, 1.807) is 10.9 Å². The van der Waals surface area contributed by atoms with E-state index in [4.69, 9.17) is 4.52 Å². The van der Waals surface area contributed by atoms with Crippen LogP contribution in [-0.2, 0) is 19.5 Å². The SMILES string of the molecule is Cc1onc(C(=O)N2CCC(Cc3ccc(CN4CCCCC4)cc3)CC2)c1Cn1cccn1. The second kappa shape index (κ2) is 10.6. The predicted octanol–water partition coefficient (Wildman–Crippen LogP) is 4.31. The number of rotatable bonds is 7. The van der Waals surface area contributed by atoms with Crippen LogP contribution in [0.1, 0.15) is 65.0 Å². The maximum absolute atomic E-state index is 13.2. The lowest BCUT2D eigenvalue weighted by atomic mass is 9.89. The van der Waals surface area contributed by atoms with Crippen molar-refractivity contribution in [1.29, 1.82) is 0 Å². The molecule has 0 unspecified atom stereocenters. The van der Waals surface area contributed by atoms with Crippen molar-refractivity contribution in [3.05, 3.63) is 70.9 Å². The molecule has 7 heteroatoms. The van der Waals surface area contributed by atoms with E-state index in [1.165, 1.54) is 43.5 Å². The minimum atomic E-state index is -0.0282. The molecule has 3 aromatic rings. The highest BCUT2D eigenvalue weighted by molar-refractivity contribution is 5.93. The van der Waals surface area contributed by atoms with Crippen molar-refractivity contribution < 1.29 is 9.32 Å². The highest BCUT2D eigenvalue weighted by Crippen LogP contribution is 2.25. The van der Waals surface area contributed by atoms with Gasteiger partial charge in [0.15, 0.2) is 5.69 Å². The average Bonchev–Trinajstić information content (AvgIpc) is 3.51. The maximum Gasteiger partial charge on any atom is 0.276 e. The third-order valence-corrected chi connectivity index (χ3v) is 7.37. The Hall–Kier alpha value is -2.93. The van der Waals surface area contributed by atoms with Crippen LogP contribution >= 0.6 is 0 Å². The summed E-state index contributed by atoms with van der Waals surface area (Å²) in [6, 6.07) is 11.1. The van der Waals surface area contributed by atoms with E-state index in [1.807, 2.05) is 24.1 Å². The Kier molecular flexibility index (Phi) is 7.09. The molecule has 0 radical (unpaired) electrons. The van der Waals surface area contributed by atoms with Gasteiger partial charge in [0, 0.05) is 37.6 Å². The van der Waals surface area contributed by atoms with Gasteiger partial charge in [-0.2, -0.15) is 5.10 Å². The molecule has 2 aliphatic rings. The molecule has 4 heterocycles. The molecule has 0 saturated carbocycles. The number of benzene rings is 1. The Bertz CT molecular complexity index is 1060. The van der Waals surface area contributed by atoms with Crippen molar-refractivity contribution in [3.63, 3.8) is 0 Å². The third-order valence-electron chi connectivity index (χ3n) is 7.37. The molecule has 2 aliphatic heterocycles. The van der Waals surface area contributed by atoms with Gasteiger partial charge in [0.1, 0.15) is 5.76 Å². The molecule has 5 rings (SSSR count). The number of likely N-dealkylation sites (tertiary alicyclic amines) is 2. The molecule has 1 amide bonds. The van der Waals surface area contributed by atoms with E-state index in [2.05, 4.69) is 39.4 Å². The van der Waals surface area contributed by atoms with Gasteiger partial charge in [-0.3, -0.25) is 14.4 Å². The largest absolute Gasteiger partial charge is 0.361 e. The first-order valence-electron chi connectivity index (χ1n) is 12.7. The molecule has 0 bridgehead atoms. The van der Waals surface area contributed by atoms with E-state index in [0.29, 0.717) is 23.9 Å². The molecule has 2 aromatic heterocycles. The van der Waals surface area contributed by atoms with Gasteiger partial charge in [-0.25, -0.2) is 0 Å². The van der Waals surface area contributed by atoms with Gasteiger partial charge in [0.25, 0.3) is 5.91 Å². The first-order valence-corrected chi connectivity index (χ1v) is 12.7. The van der Waals surface area contributed by atoms with Gasteiger partial charge < -0.3 is 9.42 Å². The number of carbonyl (C=O) groups excluding carboxylic acids is 1. The lowest BCUT2D eigenvalue weighted by Gasteiger charge is -2.32. The molecule has 180 valence electrons. The zero-order valence-electron chi connectivity index (χ0n) is 20.2. The summed E-state index contributed by atoms with van der Waals surface area (Å²) >= 11 is 0. The summed E-state index contributed by atoms with van der Waals surface area (Å²) in [5.74, 6) is 1.26. The number of aromatic nitrogens is 3. The van der Waals surface area contributed by atoms with Gasteiger partial charge in [-0.05, 0) is 75.2 Å². The minimum absolute atomic E-state index is 0.0282. The van der Waals surface area contributed by atoms with Gasteiger partial charge in [-0.15, -0.1) is 0 Å². The quantitative estimate of drug-likeness (QED) is 0.525. The number of hydrogen-bond acceptors (Lipinski definition) is 5. The van der Waals surface area contributed by atoms with Crippen molar-refractivity contribution in [1.82, 2.24) is 24.7 Å². The lowest BCUT2D eigenvalue weighted by Crippen LogP contribution is -2.39. The number of aryl methyl sites for hydroxylation is 1. The molecule has 1 aromatic carbocycles. The van der Waals surface area contributed by atoms with E-state index in [-0.39, 0.29) is 5.91 Å². The van der Waals surface area contributed by atoms with Crippen molar-refractivity contribution in [3.8, 4) is 0 Å². The average molecular weight is 462 g/mol. The van der Waals surface area contributed by atoms with Crippen molar-refractivity contribution in [2.24, 2.45) is 5.92 Å². The van der Waals surface area contributed by atoms with Gasteiger partial charge in [-0.1, -0.05) is 35.8 Å². The van der Waals surface area contributed by atoms with Gasteiger partial charge in [0.05, 0.1) is 6.54 Å². The molecule has 0 spiro atoms. The summed E-state index contributed by atoms with van der Waals surface area (Å²) in [6.07, 6.45) is 10.8. The van der Waals surface area contributed by atoms with Gasteiger partial charge >= 0.3 is 0 Å². The van der Waals surface area contributed by atoms with E-state index >= 15 is 0 Å². The highest BCUT2D eigenvalue weighted by atomic mass is 16.5. The van der Waals surface area contributed by atoms with Crippen LogP contribution in [0.2, 0.25) is 0 Å². The second-order valence-electron chi connectivity index (χ2n) is 9.86. The highest BCUT2D eigenvalue weighted by Gasteiger charge is 2.28. The van der Waals surface area contributed by atoms with Crippen LogP contribution in [-0.4, -0.2) is 56.8 Å². The Labute approximate surface area is 201 Å². The maximum atomic E-state index is 13.2. The van der Waals surface area contributed by atoms with Crippen LogP contribution in [0.4, 0.5) is 0 Å². The fourth-order valence-electron chi connectivity index (χ4n) is 5.28. The fraction of sp³-hybridized carbons (Fsp3) is 0.519. The molecule has 0 aliphatic carbocycles. The van der Waals surface area contributed by atoms with Crippen LogP contribution in [0.3, 0.4) is 0 Å². The smallest absolute Gasteiger partial charge is 0.276 e. The summed E-state index contributed by atoms with van der Waals surface area (Å²) < 4.78 is 7.16. The minimum Gasteiger partial charge on any atom is -0.361 e. The van der Waals surface area contributed by atoms with Crippen LogP contribution in [0.15, 0.2) is 47.2 Å². The molecule has 0 atom stereocenters. The Balaban J connectivity index is 1.13. The first kappa shape index (κ1) is 22.8.